The number of benzene rings is 2. The molecule has 1 amide bonds. The molecule has 1 aromatic heterocycles. The lowest BCUT2D eigenvalue weighted by atomic mass is 10.1. The van der Waals surface area contributed by atoms with E-state index in [-0.39, 0.29) is 5.91 Å². The number of amides is 1. The zero-order chi connectivity index (χ0) is 19.7. The van der Waals surface area contributed by atoms with Crippen LogP contribution in [0.4, 0.5) is 5.13 Å². The molecule has 1 saturated heterocycles. The van der Waals surface area contributed by atoms with Gasteiger partial charge in [-0.15, -0.1) is 0 Å². The number of thiazole rings is 1. The van der Waals surface area contributed by atoms with Crippen LogP contribution in [0.2, 0.25) is 0 Å². The molecule has 1 aliphatic rings. The first-order valence-electron chi connectivity index (χ1n) is 9.57. The minimum Gasteiger partial charge on any atom is -0.497 e. The summed E-state index contributed by atoms with van der Waals surface area (Å²) in [5.74, 6) is 0.958. The maximum Gasteiger partial charge on any atom is 0.227 e. The number of ether oxygens (including phenoxy) is 1. The average molecular weight is 396 g/mol. The van der Waals surface area contributed by atoms with Crippen molar-refractivity contribution >= 4 is 32.6 Å². The van der Waals surface area contributed by atoms with Gasteiger partial charge in [-0.05, 0) is 48.7 Å². The monoisotopic (exact) mass is 395 g/mol. The third-order valence-corrected chi connectivity index (χ3v) is 6.55. The normalized spacial score (nSPS) is 14.5. The molecule has 2 heterocycles. The molecular formula is C22H25N3O2S. The van der Waals surface area contributed by atoms with Gasteiger partial charge in [-0.1, -0.05) is 29.5 Å². The number of fused-ring (bicyclic) bond motifs is 1. The molecule has 0 unspecified atom stereocenters. The van der Waals surface area contributed by atoms with Crippen molar-refractivity contribution in [2.75, 3.05) is 38.2 Å². The minimum atomic E-state index is 0.170. The fourth-order valence-electron chi connectivity index (χ4n) is 3.57. The molecule has 0 saturated carbocycles. The summed E-state index contributed by atoms with van der Waals surface area (Å²) >= 11 is 1.74. The van der Waals surface area contributed by atoms with Crippen molar-refractivity contribution in [3.63, 3.8) is 0 Å². The van der Waals surface area contributed by atoms with Crippen LogP contribution < -0.4 is 9.64 Å². The van der Waals surface area contributed by atoms with Gasteiger partial charge in [0.1, 0.15) is 5.75 Å². The number of anilines is 1. The molecule has 0 bridgehead atoms. The lowest BCUT2D eigenvalue weighted by Crippen LogP contribution is -2.49. The molecule has 0 spiro atoms. The van der Waals surface area contributed by atoms with Crippen LogP contribution >= 0.6 is 11.3 Å². The third kappa shape index (κ3) is 3.69. The molecule has 1 fully saturated rings. The summed E-state index contributed by atoms with van der Waals surface area (Å²) in [6.07, 6.45) is 0.414. The SMILES string of the molecule is COc1cccc(CC(=O)N2CCN(c3nc4c(C)c(C)ccc4s3)CC2)c1. The van der Waals surface area contributed by atoms with Crippen LogP contribution in [-0.2, 0) is 11.2 Å². The number of methoxy groups -OCH3 is 1. The molecule has 0 aliphatic carbocycles. The van der Waals surface area contributed by atoms with E-state index in [1.165, 1.54) is 15.8 Å². The Bertz CT molecular complexity index is 1010. The van der Waals surface area contributed by atoms with Crippen molar-refractivity contribution < 1.29 is 9.53 Å². The Morgan fingerprint density at radius 1 is 1.14 bits per heavy atom. The van der Waals surface area contributed by atoms with Crippen LogP contribution in [0.25, 0.3) is 10.2 Å². The maximum atomic E-state index is 12.7. The van der Waals surface area contributed by atoms with E-state index in [2.05, 4.69) is 30.9 Å². The highest BCUT2D eigenvalue weighted by Gasteiger charge is 2.23. The van der Waals surface area contributed by atoms with E-state index in [1.54, 1.807) is 18.4 Å². The van der Waals surface area contributed by atoms with E-state index in [4.69, 9.17) is 9.72 Å². The highest BCUT2D eigenvalue weighted by atomic mass is 32.1. The van der Waals surface area contributed by atoms with E-state index in [0.29, 0.717) is 6.42 Å². The standard InChI is InChI=1S/C22H25N3O2S/c1-15-7-8-19-21(16(15)2)23-22(28-19)25-11-9-24(10-12-25)20(26)14-17-5-4-6-18(13-17)27-3/h4-8,13H,9-12,14H2,1-3H3. The van der Waals surface area contributed by atoms with Crippen LogP contribution in [0.1, 0.15) is 16.7 Å². The molecule has 146 valence electrons. The number of hydrogen-bond donors (Lipinski definition) is 0. The summed E-state index contributed by atoms with van der Waals surface area (Å²) < 4.78 is 6.48. The molecule has 3 aromatic rings. The molecular weight excluding hydrogens is 370 g/mol. The molecule has 4 rings (SSSR count). The van der Waals surface area contributed by atoms with Crippen LogP contribution in [0.15, 0.2) is 36.4 Å². The first-order valence-corrected chi connectivity index (χ1v) is 10.4. The van der Waals surface area contributed by atoms with Crippen molar-refractivity contribution in [1.29, 1.82) is 0 Å². The second kappa shape index (κ2) is 7.80. The molecule has 0 atom stereocenters. The van der Waals surface area contributed by atoms with E-state index >= 15 is 0 Å². The lowest BCUT2D eigenvalue weighted by Gasteiger charge is -2.34. The van der Waals surface area contributed by atoms with Crippen LogP contribution in [0.5, 0.6) is 5.75 Å². The summed E-state index contributed by atoms with van der Waals surface area (Å²) in [6.45, 7) is 7.37. The fourth-order valence-corrected chi connectivity index (χ4v) is 4.64. The summed E-state index contributed by atoms with van der Waals surface area (Å²) in [4.78, 5) is 21.8. The molecule has 28 heavy (non-hydrogen) atoms. The Morgan fingerprint density at radius 2 is 1.93 bits per heavy atom. The van der Waals surface area contributed by atoms with Crippen molar-refractivity contribution in [2.24, 2.45) is 0 Å². The van der Waals surface area contributed by atoms with Gasteiger partial charge in [0.25, 0.3) is 0 Å². The Labute approximate surface area is 169 Å². The summed E-state index contributed by atoms with van der Waals surface area (Å²) in [5.41, 5.74) is 4.63. The molecule has 5 nitrogen and oxygen atoms in total. The maximum absolute atomic E-state index is 12.7. The zero-order valence-electron chi connectivity index (χ0n) is 16.6. The Balaban J connectivity index is 1.40. The van der Waals surface area contributed by atoms with Crippen LogP contribution in [-0.4, -0.2) is 49.1 Å². The van der Waals surface area contributed by atoms with Gasteiger partial charge in [0.05, 0.1) is 23.7 Å². The smallest absolute Gasteiger partial charge is 0.227 e. The number of hydrogen-bond acceptors (Lipinski definition) is 5. The molecule has 2 aromatic carbocycles. The van der Waals surface area contributed by atoms with Gasteiger partial charge in [-0.2, -0.15) is 0 Å². The Morgan fingerprint density at radius 3 is 2.68 bits per heavy atom. The quantitative estimate of drug-likeness (QED) is 0.674. The Kier molecular flexibility index (Phi) is 5.22. The number of carbonyl (C=O) groups is 1. The molecule has 0 radical (unpaired) electrons. The lowest BCUT2D eigenvalue weighted by molar-refractivity contribution is -0.130. The van der Waals surface area contributed by atoms with Gasteiger partial charge in [0.2, 0.25) is 5.91 Å². The van der Waals surface area contributed by atoms with Crippen molar-refractivity contribution in [1.82, 2.24) is 9.88 Å². The summed E-state index contributed by atoms with van der Waals surface area (Å²) in [5, 5.41) is 1.06. The van der Waals surface area contributed by atoms with Crippen LogP contribution in [0, 0.1) is 13.8 Å². The van der Waals surface area contributed by atoms with E-state index in [1.807, 2.05) is 29.2 Å². The number of rotatable bonds is 4. The largest absolute Gasteiger partial charge is 0.497 e. The average Bonchev–Trinajstić information content (AvgIpc) is 3.16. The highest BCUT2D eigenvalue weighted by Crippen LogP contribution is 2.32. The fraction of sp³-hybridized carbons (Fsp3) is 0.364. The topological polar surface area (TPSA) is 45.7 Å². The number of aryl methyl sites for hydroxylation is 2. The Hall–Kier alpha value is -2.60. The highest BCUT2D eigenvalue weighted by molar-refractivity contribution is 7.22. The molecule has 6 heteroatoms. The zero-order valence-corrected chi connectivity index (χ0v) is 17.4. The van der Waals surface area contributed by atoms with Crippen molar-refractivity contribution in [3.05, 3.63) is 53.1 Å². The second-order valence-electron chi connectivity index (χ2n) is 7.25. The van der Waals surface area contributed by atoms with E-state index in [9.17, 15) is 4.79 Å². The molecule has 0 N–H and O–H groups in total. The first-order chi connectivity index (χ1) is 13.5. The van der Waals surface area contributed by atoms with E-state index < -0.39 is 0 Å². The van der Waals surface area contributed by atoms with Gasteiger partial charge in [-0.3, -0.25) is 4.79 Å². The summed E-state index contributed by atoms with van der Waals surface area (Å²) in [6, 6.07) is 12.0. The number of carbonyl (C=O) groups excluding carboxylic acids is 1. The van der Waals surface area contributed by atoms with Gasteiger partial charge in [0, 0.05) is 26.2 Å². The number of aromatic nitrogens is 1. The number of nitrogens with zero attached hydrogens (tertiary/aromatic N) is 3. The number of piperazine rings is 1. The first kappa shape index (κ1) is 18.7. The predicted octanol–water partition coefficient (Wildman–Crippen LogP) is 3.81. The van der Waals surface area contributed by atoms with Gasteiger partial charge < -0.3 is 14.5 Å². The van der Waals surface area contributed by atoms with Crippen molar-refractivity contribution in [2.45, 2.75) is 20.3 Å². The van der Waals surface area contributed by atoms with Gasteiger partial charge in [0.15, 0.2) is 5.13 Å². The minimum absolute atomic E-state index is 0.170. The van der Waals surface area contributed by atoms with Gasteiger partial charge in [-0.25, -0.2) is 4.98 Å². The third-order valence-electron chi connectivity index (χ3n) is 5.47. The second-order valence-corrected chi connectivity index (χ2v) is 8.26. The van der Waals surface area contributed by atoms with Gasteiger partial charge >= 0.3 is 0 Å². The molecule has 1 aliphatic heterocycles. The van der Waals surface area contributed by atoms with Crippen LogP contribution in [0.3, 0.4) is 0 Å². The predicted molar refractivity (Wildman–Crippen MR) is 115 cm³/mol. The summed E-state index contributed by atoms with van der Waals surface area (Å²) in [7, 11) is 1.64. The van der Waals surface area contributed by atoms with Crippen molar-refractivity contribution in [3.8, 4) is 5.75 Å². The van der Waals surface area contributed by atoms with E-state index in [0.717, 1.165) is 48.1 Å².